The second-order valence-electron chi connectivity index (χ2n) is 13.2. The van der Waals surface area contributed by atoms with Gasteiger partial charge in [0.15, 0.2) is 0 Å². The SMILES string of the molecule is c1ccc(B2c3ccccc3N3c4cccc5c4B(c4cccc2c43)c2cccc3c2N5c2ccccc2B3c2ccccc2)cc1. The van der Waals surface area contributed by atoms with Crippen molar-refractivity contribution in [1.82, 2.24) is 0 Å². The van der Waals surface area contributed by atoms with Gasteiger partial charge in [0.25, 0.3) is 6.71 Å². The van der Waals surface area contributed by atoms with Gasteiger partial charge in [0, 0.05) is 34.1 Å². The highest BCUT2D eigenvalue weighted by Crippen LogP contribution is 2.44. The predicted octanol–water partition coefficient (Wildman–Crippen LogP) is 3.43. The van der Waals surface area contributed by atoms with Crippen molar-refractivity contribution in [2.45, 2.75) is 0 Å². The molecule has 11 rings (SSSR count). The zero-order valence-corrected chi connectivity index (χ0v) is 25.7. The predicted molar refractivity (Wildman–Crippen MR) is 203 cm³/mol. The molecular weight excluding hydrogens is 565 g/mol. The van der Waals surface area contributed by atoms with Crippen molar-refractivity contribution in [3.8, 4) is 0 Å². The van der Waals surface area contributed by atoms with E-state index in [2.05, 4.69) is 174 Å². The van der Waals surface area contributed by atoms with Gasteiger partial charge in [-0.2, -0.15) is 0 Å². The molecule has 0 unspecified atom stereocenters. The monoisotopic (exact) mass is 592 g/mol. The summed E-state index contributed by atoms with van der Waals surface area (Å²) in [5.74, 6) is 0. The molecule has 0 atom stereocenters. The first-order valence-electron chi connectivity index (χ1n) is 16.6. The molecule has 0 saturated heterocycles. The van der Waals surface area contributed by atoms with E-state index in [1.54, 1.807) is 0 Å². The van der Waals surface area contributed by atoms with Gasteiger partial charge in [0.05, 0.1) is 0 Å². The lowest BCUT2D eigenvalue weighted by molar-refractivity contribution is 1.26. The summed E-state index contributed by atoms with van der Waals surface area (Å²) in [7, 11) is 0. The third-order valence-corrected chi connectivity index (χ3v) is 11.0. The molecule has 7 aromatic carbocycles. The molecule has 4 aliphatic heterocycles. The quantitative estimate of drug-likeness (QED) is 0.284. The highest BCUT2D eigenvalue weighted by molar-refractivity contribution is 7.05. The van der Waals surface area contributed by atoms with Crippen molar-refractivity contribution < 1.29 is 0 Å². The van der Waals surface area contributed by atoms with E-state index in [1.165, 1.54) is 83.3 Å². The van der Waals surface area contributed by atoms with Crippen LogP contribution in [0.5, 0.6) is 0 Å². The lowest BCUT2D eigenvalue weighted by Crippen LogP contribution is -2.69. The fraction of sp³-hybridized carbons (Fsp3) is 0. The van der Waals surface area contributed by atoms with Crippen LogP contribution in [0, 0.1) is 0 Å². The molecule has 47 heavy (non-hydrogen) atoms. The van der Waals surface area contributed by atoms with Gasteiger partial charge in [0.1, 0.15) is 0 Å². The van der Waals surface area contributed by atoms with Crippen LogP contribution in [0.1, 0.15) is 0 Å². The van der Waals surface area contributed by atoms with Gasteiger partial charge in [-0.25, -0.2) is 0 Å². The average Bonchev–Trinajstić information content (AvgIpc) is 3.14. The van der Waals surface area contributed by atoms with E-state index in [0.29, 0.717) is 0 Å². The molecular formula is C42H27B3N2. The minimum absolute atomic E-state index is 0.127. The summed E-state index contributed by atoms with van der Waals surface area (Å²) >= 11 is 0. The van der Waals surface area contributed by atoms with Crippen LogP contribution in [0.25, 0.3) is 0 Å². The molecule has 4 heterocycles. The first-order chi connectivity index (χ1) is 23.4. The summed E-state index contributed by atoms with van der Waals surface area (Å²) in [4.78, 5) is 5.15. The number of para-hydroxylation sites is 4. The lowest BCUT2D eigenvalue weighted by Gasteiger charge is -2.49. The van der Waals surface area contributed by atoms with E-state index < -0.39 is 0 Å². The molecule has 0 aliphatic carbocycles. The van der Waals surface area contributed by atoms with Crippen LogP contribution in [0.2, 0.25) is 0 Å². The molecule has 2 nitrogen and oxygen atoms in total. The molecule has 7 aromatic rings. The molecule has 0 saturated carbocycles. The summed E-state index contributed by atoms with van der Waals surface area (Å²) in [6.45, 7) is 0.465. The van der Waals surface area contributed by atoms with Crippen LogP contribution in [-0.2, 0) is 0 Å². The molecule has 214 valence electrons. The Bertz CT molecular complexity index is 2240. The molecule has 0 N–H and O–H groups in total. The molecule has 0 amide bonds. The number of rotatable bonds is 2. The average molecular weight is 592 g/mol. The molecule has 0 spiro atoms. The number of fused-ring (bicyclic) bond motifs is 8. The Hall–Kier alpha value is -5.67. The fourth-order valence-corrected chi connectivity index (χ4v) is 9.27. The summed E-state index contributed by atoms with van der Waals surface area (Å²) in [5.41, 5.74) is 20.1. The van der Waals surface area contributed by atoms with Crippen molar-refractivity contribution in [2.75, 3.05) is 9.80 Å². The van der Waals surface area contributed by atoms with E-state index in [1.807, 2.05) is 0 Å². The summed E-state index contributed by atoms with van der Waals surface area (Å²) < 4.78 is 0. The third kappa shape index (κ3) is 3.28. The van der Waals surface area contributed by atoms with Crippen LogP contribution < -0.4 is 59.0 Å². The second kappa shape index (κ2) is 9.43. The van der Waals surface area contributed by atoms with E-state index in [9.17, 15) is 0 Å². The maximum absolute atomic E-state index is 2.58. The number of hydrogen-bond acceptors (Lipinski definition) is 2. The second-order valence-corrected chi connectivity index (χ2v) is 13.2. The van der Waals surface area contributed by atoms with Crippen molar-refractivity contribution in [3.63, 3.8) is 0 Å². The van der Waals surface area contributed by atoms with E-state index >= 15 is 0 Å². The van der Waals surface area contributed by atoms with Gasteiger partial charge in [-0.05, 0) is 62.5 Å². The Balaban J connectivity index is 1.24. The Morgan fingerprint density at radius 1 is 0.277 bits per heavy atom. The normalized spacial score (nSPS) is 14.2. The van der Waals surface area contributed by atoms with Gasteiger partial charge in [-0.15, -0.1) is 0 Å². The van der Waals surface area contributed by atoms with Crippen molar-refractivity contribution in [2.24, 2.45) is 0 Å². The minimum Gasteiger partial charge on any atom is -0.312 e. The van der Waals surface area contributed by atoms with Crippen molar-refractivity contribution in [3.05, 3.63) is 164 Å². The number of nitrogens with zero attached hydrogens (tertiary/aromatic N) is 2. The highest BCUT2D eigenvalue weighted by atomic mass is 15.2. The first kappa shape index (κ1) is 25.5. The first-order valence-corrected chi connectivity index (χ1v) is 16.6. The van der Waals surface area contributed by atoms with Crippen molar-refractivity contribution >= 4 is 103 Å². The van der Waals surface area contributed by atoms with Crippen LogP contribution >= 0.6 is 0 Å². The largest absolute Gasteiger partial charge is 0.312 e. The zero-order valence-electron chi connectivity index (χ0n) is 25.7. The topological polar surface area (TPSA) is 6.48 Å². The minimum atomic E-state index is 0.127. The van der Waals surface area contributed by atoms with Gasteiger partial charge in [-0.3, -0.25) is 0 Å². The number of anilines is 6. The smallest absolute Gasteiger partial charge is 0.252 e. The van der Waals surface area contributed by atoms with Crippen LogP contribution in [0.15, 0.2) is 164 Å². The maximum Gasteiger partial charge on any atom is 0.252 e. The van der Waals surface area contributed by atoms with E-state index in [4.69, 9.17) is 0 Å². The van der Waals surface area contributed by atoms with Crippen LogP contribution in [0.4, 0.5) is 34.1 Å². The van der Waals surface area contributed by atoms with Crippen LogP contribution in [0.3, 0.4) is 0 Å². The molecule has 0 radical (unpaired) electrons. The van der Waals surface area contributed by atoms with Gasteiger partial charge >= 0.3 is 0 Å². The Labute approximate surface area is 276 Å². The van der Waals surface area contributed by atoms with Crippen molar-refractivity contribution in [1.29, 1.82) is 0 Å². The lowest BCUT2D eigenvalue weighted by atomic mass is 9.28. The number of hydrogen-bond donors (Lipinski definition) is 0. The Morgan fingerprint density at radius 2 is 0.617 bits per heavy atom. The molecule has 0 aromatic heterocycles. The third-order valence-electron chi connectivity index (χ3n) is 11.0. The molecule has 5 heteroatoms. The zero-order chi connectivity index (χ0) is 30.6. The summed E-state index contributed by atoms with van der Waals surface area (Å²) in [6.07, 6.45) is 0. The standard InChI is InChI=1S/C42H27B3N2/c1-3-14-28(15-4-1)43-30-18-7-9-24-36(30)46-38-26-13-27-39-40(38)45(34-22-11-20-32(43)41(34)46)35-23-12-21-33-42(35)47(39)37-25-10-8-19-31(37)44(33)29-16-5-2-6-17-29/h1-27H. The summed E-state index contributed by atoms with van der Waals surface area (Å²) in [5, 5.41) is 0. The Kier molecular flexibility index (Phi) is 5.12. The van der Waals surface area contributed by atoms with E-state index in [0.717, 1.165) is 0 Å². The molecule has 0 bridgehead atoms. The number of benzene rings is 7. The van der Waals surface area contributed by atoms with Gasteiger partial charge < -0.3 is 9.80 Å². The van der Waals surface area contributed by atoms with E-state index in [-0.39, 0.29) is 20.1 Å². The summed E-state index contributed by atoms with van der Waals surface area (Å²) in [6, 6.07) is 61.3. The Morgan fingerprint density at radius 3 is 1.09 bits per heavy atom. The molecule has 4 aliphatic rings. The highest BCUT2D eigenvalue weighted by Gasteiger charge is 2.49. The van der Waals surface area contributed by atoms with Crippen LogP contribution in [-0.4, -0.2) is 20.1 Å². The maximum atomic E-state index is 2.58. The van der Waals surface area contributed by atoms with Gasteiger partial charge in [0.2, 0.25) is 13.4 Å². The molecule has 0 fully saturated rings. The fourth-order valence-electron chi connectivity index (χ4n) is 9.27. The van der Waals surface area contributed by atoms with Gasteiger partial charge in [-0.1, -0.05) is 150 Å².